The van der Waals surface area contributed by atoms with E-state index in [4.69, 9.17) is 10.4 Å². The molecule has 0 saturated carbocycles. The molecule has 0 amide bonds. The summed E-state index contributed by atoms with van der Waals surface area (Å²) in [4.78, 5) is 14.5. The third kappa shape index (κ3) is 3.30. The average Bonchev–Trinajstić information content (AvgIpc) is 2.46. The van der Waals surface area contributed by atoms with Crippen LogP contribution in [0, 0.1) is 11.3 Å². The second-order valence-electron chi connectivity index (χ2n) is 3.90. The highest BCUT2D eigenvalue weighted by atomic mass is 16.4. The third-order valence-corrected chi connectivity index (χ3v) is 2.54. The quantitative estimate of drug-likeness (QED) is 0.872. The molecule has 5 heteroatoms. The molecule has 0 aliphatic rings. The SMILES string of the molecule is N#Cc1cccc(CNc2ccc(C(=O)O)nc2)c1. The lowest BCUT2D eigenvalue weighted by Gasteiger charge is -2.06. The number of carboxylic acid groups (broad SMARTS) is 1. The minimum atomic E-state index is -1.05. The average molecular weight is 253 g/mol. The molecular weight excluding hydrogens is 242 g/mol. The van der Waals surface area contributed by atoms with Gasteiger partial charge in [0.15, 0.2) is 0 Å². The van der Waals surface area contributed by atoms with Crippen molar-refractivity contribution in [3.8, 4) is 6.07 Å². The molecule has 0 aliphatic heterocycles. The van der Waals surface area contributed by atoms with Crippen molar-refractivity contribution < 1.29 is 9.90 Å². The third-order valence-electron chi connectivity index (χ3n) is 2.54. The minimum absolute atomic E-state index is 0.0111. The van der Waals surface area contributed by atoms with Crippen molar-refractivity contribution in [1.82, 2.24) is 4.98 Å². The van der Waals surface area contributed by atoms with Gasteiger partial charge in [-0.1, -0.05) is 12.1 Å². The van der Waals surface area contributed by atoms with E-state index in [0.717, 1.165) is 11.3 Å². The predicted octanol–water partition coefficient (Wildman–Crippen LogP) is 2.26. The van der Waals surface area contributed by atoms with Crippen LogP contribution in [0.25, 0.3) is 0 Å². The standard InChI is InChI=1S/C14H11N3O2/c15-7-10-2-1-3-11(6-10)8-16-12-4-5-13(14(18)19)17-9-12/h1-6,9,16H,8H2,(H,18,19). The van der Waals surface area contributed by atoms with Crippen LogP contribution in [0.2, 0.25) is 0 Å². The summed E-state index contributed by atoms with van der Waals surface area (Å²) in [5, 5.41) is 20.6. The molecule has 19 heavy (non-hydrogen) atoms. The number of rotatable bonds is 4. The fraction of sp³-hybridized carbons (Fsp3) is 0.0714. The van der Waals surface area contributed by atoms with Crippen molar-refractivity contribution in [2.45, 2.75) is 6.54 Å². The lowest BCUT2D eigenvalue weighted by Crippen LogP contribution is -2.03. The summed E-state index contributed by atoms with van der Waals surface area (Å²) in [6, 6.07) is 12.4. The number of carboxylic acids is 1. The molecule has 0 spiro atoms. The first kappa shape index (κ1) is 12.6. The molecule has 0 fully saturated rings. The highest BCUT2D eigenvalue weighted by molar-refractivity contribution is 5.85. The van der Waals surface area contributed by atoms with E-state index in [2.05, 4.69) is 16.4 Å². The Balaban J connectivity index is 2.02. The van der Waals surface area contributed by atoms with Gasteiger partial charge >= 0.3 is 5.97 Å². The highest BCUT2D eigenvalue weighted by Crippen LogP contribution is 2.10. The van der Waals surface area contributed by atoms with Gasteiger partial charge in [0, 0.05) is 6.54 Å². The molecule has 0 aliphatic carbocycles. The number of pyridine rings is 1. The number of carbonyl (C=O) groups is 1. The fourth-order valence-corrected chi connectivity index (χ4v) is 1.58. The first-order chi connectivity index (χ1) is 9.19. The largest absolute Gasteiger partial charge is 0.477 e. The summed E-state index contributed by atoms with van der Waals surface area (Å²) < 4.78 is 0. The smallest absolute Gasteiger partial charge is 0.354 e. The summed E-state index contributed by atoms with van der Waals surface area (Å²) in [6.45, 7) is 0.545. The Morgan fingerprint density at radius 1 is 1.37 bits per heavy atom. The molecule has 0 saturated heterocycles. The van der Waals surface area contributed by atoms with Crippen LogP contribution in [0.3, 0.4) is 0 Å². The van der Waals surface area contributed by atoms with Crippen LogP contribution in [-0.4, -0.2) is 16.1 Å². The van der Waals surface area contributed by atoms with Gasteiger partial charge in [-0.05, 0) is 29.8 Å². The molecule has 1 aromatic carbocycles. The molecule has 1 heterocycles. The topological polar surface area (TPSA) is 86.0 Å². The number of nitrogens with one attached hydrogen (secondary N) is 1. The Morgan fingerprint density at radius 2 is 2.21 bits per heavy atom. The van der Waals surface area contributed by atoms with Crippen LogP contribution >= 0.6 is 0 Å². The van der Waals surface area contributed by atoms with E-state index < -0.39 is 5.97 Å². The number of hydrogen-bond acceptors (Lipinski definition) is 4. The number of aromatic nitrogens is 1. The van der Waals surface area contributed by atoms with Crippen molar-refractivity contribution in [1.29, 1.82) is 5.26 Å². The van der Waals surface area contributed by atoms with Gasteiger partial charge in [-0.3, -0.25) is 0 Å². The summed E-state index contributed by atoms with van der Waals surface area (Å²) in [5.41, 5.74) is 2.32. The Kier molecular flexibility index (Phi) is 3.74. The number of nitriles is 1. The summed E-state index contributed by atoms with van der Waals surface area (Å²) in [6.07, 6.45) is 1.47. The van der Waals surface area contributed by atoms with Crippen LogP contribution in [0.4, 0.5) is 5.69 Å². The van der Waals surface area contributed by atoms with E-state index >= 15 is 0 Å². The molecule has 2 rings (SSSR count). The van der Waals surface area contributed by atoms with E-state index in [1.165, 1.54) is 12.3 Å². The molecule has 0 bridgehead atoms. The molecule has 0 unspecified atom stereocenters. The van der Waals surface area contributed by atoms with E-state index in [1.54, 1.807) is 18.2 Å². The number of anilines is 1. The van der Waals surface area contributed by atoms with Crippen LogP contribution in [0.15, 0.2) is 42.6 Å². The van der Waals surface area contributed by atoms with Crippen LogP contribution in [-0.2, 0) is 6.54 Å². The van der Waals surface area contributed by atoms with E-state index in [-0.39, 0.29) is 5.69 Å². The van der Waals surface area contributed by atoms with Gasteiger partial charge in [-0.15, -0.1) is 0 Å². The number of hydrogen-bond donors (Lipinski definition) is 2. The van der Waals surface area contributed by atoms with Gasteiger partial charge in [0.2, 0.25) is 0 Å². The first-order valence-electron chi connectivity index (χ1n) is 5.61. The Hall–Kier alpha value is -2.87. The molecule has 0 atom stereocenters. The van der Waals surface area contributed by atoms with Gasteiger partial charge in [-0.2, -0.15) is 5.26 Å². The van der Waals surface area contributed by atoms with Crippen LogP contribution < -0.4 is 5.32 Å². The van der Waals surface area contributed by atoms with E-state index in [9.17, 15) is 4.79 Å². The van der Waals surface area contributed by atoms with Crippen LogP contribution in [0.1, 0.15) is 21.6 Å². The van der Waals surface area contributed by atoms with Gasteiger partial charge in [0.25, 0.3) is 0 Å². The number of aromatic carboxylic acids is 1. The van der Waals surface area contributed by atoms with E-state index in [1.807, 2.05) is 12.1 Å². The maximum atomic E-state index is 10.6. The molecule has 2 N–H and O–H groups in total. The Bertz CT molecular complexity index is 630. The summed E-state index contributed by atoms with van der Waals surface area (Å²) in [7, 11) is 0. The maximum absolute atomic E-state index is 10.6. The van der Waals surface area contributed by atoms with Crippen molar-refractivity contribution in [3.63, 3.8) is 0 Å². The van der Waals surface area contributed by atoms with E-state index in [0.29, 0.717) is 12.1 Å². The van der Waals surface area contributed by atoms with Gasteiger partial charge < -0.3 is 10.4 Å². The molecule has 1 aromatic heterocycles. The lowest BCUT2D eigenvalue weighted by molar-refractivity contribution is 0.0690. The fourth-order valence-electron chi connectivity index (χ4n) is 1.58. The first-order valence-corrected chi connectivity index (χ1v) is 5.61. The minimum Gasteiger partial charge on any atom is -0.477 e. The molecule has 94 valence electrons. The van der Waals surface area contributed by atoms with Crippen molar-refractivity contribution in [2.24, 2.45) is 0 Å². The maximum Gasteiger partial charge on any atom is 0.354 e. The zero-order valence-electron chi connectivity index (χ0n) is 10.00. The zero-order valence-corrected chi connectivity index (χ0v) is 10.00. The lowest BCUT2D eigenvalue weighted by atomic mass is 10.1. The van der Waals surface area contributed by atoms with Crippen molar-refractivity contribution >= 4 is 11.7 Å². The Labute approximate surface area is 110 Å². The van der Waals surface area contributed by atoms with Gasteiger partial charge in [0.05, 0.1) is 23.5 Å². The zero-order chi connectivity index (χ0) is 13.7. The molecule has 2 aromatic rings. The van der Waals surface area contributed by atoms with Crippen molar-refractivity contribution in [2.75, 3.05) is 5.32 Å². The molecule has 5 nitrogen and oxygen atoms in total. The van der Waals surface area contributed by atoms with Crippen molar-refractivity contribution in [3.05, 3.63) is 59.4 Å². The van der Waals surface area contributed by atoms with Gasteiger partial charge in [0.1, 0.15) is 5.69 Å². The summed E-state index contributed by atoms with van der Waals surface area (Å²) >= 11 is 0. The predicted molar refractivity (Wildman–Crippen MR) is 69.7 cm³/mol. The van der Waals surface area contributed by atoms with Gasteiger partial charge in [-0.25, -0.2) is 9.78 Å². The normalized spacial score (nSPS) is 9.63. The van der Waals surface area contributed by atoms with Crippen LogP contribution in [0.5, 0.6) is 0 Å². The summed E-state index contributed by atoms with van der Waals surface area (Å²) in [5.74, 6) is -1.05. The molecule has 0 radical (unpaired) electrons. The second kappa shape index (κ2) is 5.65. The Morgan fingerprint density at radius 3 is 2.84 bits per heavy atom. The second-order valence-corrected chi connectivity index (χ2v) is 3.90. The highest BCUT2D eigenvalue weighted by Gasteiger charge is 2.03. The monoisotopic (exact) mass is 253 g/mol. The number of nitrogens with zero attached hydrogens (tertiary/aromatic N) is 2. The number of benzene rings is 1. The molecular formula is C14H11N3O2.